The van der Waals surface area contributed by atoms with Crippen LogP contribution in [0.25, 0.3) is 10.9 Å². The van der Waals surface area contributed by atoms with Crippen molar-refractivity contribution in [2.75, 3.05) is 5.32 Å². The number of aromatic nitrogens is 1. The third-order valence-corrected chi connectivity index (χ3v) is 3.95. The lowest BCUT2D eigenvalue weighted by Gasteiger charge is -2.05. The molecular weight excluding hydrogens is 320 g/mol. The van der Waals surface area contributed by atoms with E-state index in [0.717, 1.165) is 16.6 Å². The lowest BCUT2D eigenvalue weighted by Crippen LogP contribution is -2.15. The van der Waals surface area contributed by atoms with E-state index in [1.165, 1.54) is 0 Å². The molecular formula is C20H17ClN2O. The van der Waals surface area contributed by atoms with Gasteiger partial charge in [0, 0.05) is 28.7 Å². The van der Waals surface area contributed by atoms with Crippen LogP contribution in [0.5, 0.6) is 0 Å². The van der Waals surface area contributed by atoms with Crippen molar-refractivity contribution in [3.05, 3.63) is 89.6 Å². The van der Waals surface area contributed by atoms with Gasteiger partial charge in [-0.1, -0.05) is 60.1 Å². The first-order valence-electron chi connectivity index (χ1n) is 7.60. The number of carbonyl (C=O) groups is 1. The molecule has 0 saturated carbocycles. The van der Waals surface area contributed by atoms with Crippen molar-refractivity contribution in [2.45, 2.75) is 0 Å². The van der Waals surface area contributed by atoms with E-state index >= 15 is 0 Å². The highest BCUT2D eigenvalue weighted by molar-refractivity contribution is 6.31. The van der Waals surface area contributed by atoms with Gasteiger partial charge in [-0.25, -0.2) is 0 Å². The number of carbonyl (C=O) groups excluding carboxylic acids is 1. The minimum Gasteiger partial charge on any atom is -0.340 e. The molecule has 3 aromatic rings. The monoisotopic (exact) mass is 336 g/mol. The number of rotatable bonds is 2. The molecule has 0 atom stereocenters. The molecule has 0 unspecified atom stereocenters. The molecule has 0 aliphatic heterocycles. The van der Waals surface area contributed by atoms with Gasteiger partial charge in [-0.2, -0.15) is 0 Å². The van der Waals surface area contributed by atoms with Gasteiger partial charge in [0.25, 0.3) is 5.91 Å². The summed E-state index contributed by atoms with van der Waals surface area (Å²) in [5.41, 5.74) is 2.23. The van der Waals surface area contributed by atoms with E-state index in [0.29, 0.717) is 10.7 Å². The molecule has 2 aromatic carbocycles. The Morgan fingerprint density at radius 1 is 0.917 bits per heavy atom. The molecule has 3 nitrogen and oxygen atoms in total. The van der Waals surface area contributed by atoms with Gasteiger partial charge in [0.15, 0.2) is 0 Å². The Labute approximate surface area is 145 Å². The number of nitrogens with one attached hydrogen (secondary N) is 1. The first-order valence-corrected chi connectivity index (χ1v) is 7.97. The minimum absolute atomic E-state index is 0.161. The van der Waals surface area contributed by atoms with Crippen molar-refractivity contribution in [1.82, 2.24) is 4.57 Å². The molecule has 1 N–H and O–H groups in total. The zero-order valence-corrected chi connectivity index (χ0v) is 14.0. The average Bonchev–Trinajstić information content (AvgIpc) is 2.90. The Balaban J connectivity index is 1.95. The zero-order chi connectivity index (χ0) is 16.9. The standard InChI is InChI=1S/C20H17ClN2O/c1-23-18-14-16(21)12-11-15(18)13-19(23)20(24)22-17-9-7-5-3-2-4-6-8-10-17/h2-14H,1H3,(H,22,24). The second-order valence-electron chi connectivity index (χ2n) is 5.38. The Morgan fingerprint density at radius 2 is 1.54 bits per heavy atom. The van der Waals surface area contributed by atoms with Crippen LogP contribution in [-0.2, 0) is 7.05 Å². The molecule has 1 amide bonds. The third-order valence-electron chi connectivity index (χ3n) is 3.72. The first kappa shape index (κ1) is 16.1. The third kappa shape index (κ3) is 3.58. The highest BCUT2D eigenvalue weighted by atomic mass is 35.5. The SMILES string of the molecule is Cn1c(C(=O)Nc2ccccccccc2)cc2ccc(Cl)cc21. The number of anilines is 1. The van der Waals surface area contributed by atoms with E-state index in [1.54, 1.807) is 0 Å². The van der Waals surface area contributed by atoms with Crippen LogP contribution >= 0.6 is 11.6 Å². The number of aryl methyl sites for hydroxylation is 1. The van der Waals surface area contributed by atoms with Crippen LogP contribution in [0.1, 0.15) is 10.5 Å². The molecule has 0 saturated heterocycles. The fraction of sp³-hybridized carbons (Fsp3) is 0.0500. The lowest BCUT2D eigenvalue weighted by molar-refractivity contribution is 0.102. The quantitative estimate of drug-likeness (QED) is 0.685. The van der Waals surface area contributed by atoms with Gasteiger partial charge in [0.2, 0.25) is 0 Å². The summed E-state index contributed by atoms with van der Waals surface area (Å²) in [6.07, 6.45) is 0. The van der Waals surface area contributed by atoms with Crippen molar-refractivity contribution in [1.29, 1.82) is 0 Å². The number of hydrogen-bond donors (Lipinski definition) is 1. The summed E-state index contributed by atoms with van der Waals surface area (Å²) in [6, 6.07) is 24.6. The molecule has 0 aliphatic carbocycles. The molecule has 1 heterocycles. The number of nitrogens with zero attached hydrogens (tertiary/aromatic N) is 1. The predicted octanol–water partition coefficient (Wildman–Crippen LogP) is 5.21. The van der Waals surface area contributed by atoms with Crippen molar-refractivity contribution in [2.24, 2.45) is 7.05 Å². The van der Waals surface area contributed by atoms with Gasteiger partial charge >= 0.3 is 0 Å². The van der Waals surface area contributed by atoms with Crippen LogP contribution in [0.3, 0.4) is 0 Å². The maximum Gasteiger partial charge on any atom is 0.272 e. The molecule has 3 rings (SSSR count). The van der Waals surface area contributed by atoms with Gasteiger partial charge < -0.3 is 9.88 Å². The van der Waals surface area contributed by atoms with Crippen molar-refractivity contribution >= 4 is 34.1 Å². The van der Waals surface area contributed by atoms with Gasteiger partial charge in [-0.15, -0.1) is 0 Å². The number of fused-ring (bicyclic) bond motifs is 1. The molecule has 0 fully saturated rings. The lowest BCUT2D eigenvalue weighted by atomic mass is 10.2. The van der Waals surface area contributed by atoms with E-state index in [4.69, 9.17) is 11.6 Å². The Kier molecular flexibility index (Phi) is 4.82. The van der Waals surface area contributed by atoms with Gasteiger partial charge in [0.05, 0.1) is 0 Å². The number of amides is 1. The van der Waals surface area contributed by atoms with E-state index in [1.807, 2.05) is 90.5 Å². The van der Waals surface area contributed by atoms with Crippen LogP contribution in [0.2, 0.25) is 5.02 Å². The smallest absolute Gasteiger partial charge is 0.272 e. The van der Waals surface area contributed by atoms with E-state index in [2.05, 4.69) is 5.32 Å². The van der Waals surface area contributed by atoms with Crippen molar-refractivity contribution in [3.63, 3.8) is 0 Å². The van der Waals surface area contributed by atoms with Crippen LogP contribution < -0.4 is 5.32 Å². The predicted molar refractivity (Wildman–Crippen MR) is 100.0 cm³/mol. The van der Waals surface area contributed by atoms with Gasteiger partial charge in [0.1, 0.15) is 5.69 Å². The number of halogens is 1. The average molecular weight is 337 g/mol. The largest absolute Gasteiger partial charge is 0.340 e. The molecule has 0 radical (unpaired) electrons. The van der Waals surface area contributed by atoms with E-state index in [-0.39, 0.29) is 5.91 Å². The topological polar surface area (TPSA) is 34.0 Å². The number of hydrogen-bond acceptors (Lipinski definition) is 1. The Hall–Kier alpha value is -2.78. The molecule has 120 valence electrons. The summed E-state index contributed by atoms with van der Waals surface area (Å²) in [6.45, 7) is 0. The maximum atomic E-state index is 12.6. The highest BCUT2D eigenvalue weighted by Gasteiger charge is 2.13. The summed E-state index contributed by atoms with van der Waals surface area (Å²) in [5, 5.41) is 4.57. The van der Waals surface area contributed by atoms with Crippen molar-refractivity contribution in [3.8, 4) is 0 Å². The number of benzene rings is 1. The normalized spacial score (nSPS) is 10.2. The molecule has 0 spiro atoms. The molecule has 0 aliphatic rings. The second-order valence-corrected chi connectivity index (χ2v) is 5.82. The summed E-state index contributed by atoms with van der Waals surface area (Å²) < 4.78 is 1.85. The summed E-state index contributed by atoms with van der Waals surface area (Å²) in [5.74, 6) is -0.161. The Morgan fingerprint density at radius 3 is 2.21 bits per heavy atom. The van der Waals surface area contributed by atoms with Crippen molar-refractivity contribution < 1.29 is 4.79 Å². The van der Waals surface area contributed by atoms with E-state index < -0.39 is 0 Å². The zero-order valence-electron chi connectivity index (χ0n) is 13.2. The molecule has 0 bridgehead atoms. The van der Waals surface area contributed by atoms with Crippen LogP contribution in [0.4, 0.5) is 5.69 Å². The summed E-state index contributed by atoms with van der Waals surface area (Å²) >= 11 is 6.05. The highest BCUT2D eigenvalue weighted by Crippen LogP contribution is 2.23. The van der Waals surface area contributed by atoms with Crippen LogP contribution in [-0.4, -0.2) is 10.5 Å². The van der Waals surface area contributed by atoms with Crippen LogP contribution in [0, 0.1) is 0 Å². The minimum atomic E-state index is -0.161. The first-order chi connectivity index (χ1) is 11.6. The summed E-state index contributed by atoms with van der Waals surface area (Å²) in [4.78, 5) is 12.6. The van der Waals surface area contributed by atoms with E-state index in [9.17, 15) is 4.79 Å². The Bertz CT molecular complexity index is 920. The fourth-order valence-electron chi connectivity index (χ4n) is 2.49. The summed E-state index contributed by atoms with van der Waals surface area (Å²) in [7, 11) is 1.86. The fourth-order valence-corrected chi connectivity index (χ4v) is 2.66. The second kappa shape index (κ2) is 7.20. The van der Waals surface area contributed by atoms with Gasteiger partial charge in [-0.05, 0) is 30.3 Å². The van der Waals surface area contributed by atoms with Gasteiger partial charge in [-0.3, -0.25) is 4.79 Å². The molecule has 1 aromatic heterocycles. The molecule has 24 heavy (non-hydrogen) atoms. The maximum absolute atomic E-state index is 12.6. The molecule has 4 heteroatoms. The van der Waals surface area contributed by atoms with Crippen LogP contribution in [0.15, 0.2) is 78.9 Å².